The molecule has 0 bridgehead atoms. The van der Waals surface area contributed by atoms with Crippen LogP contribution in [0.1, 0.15) is 21.5 Å². The third kappa shape index (κ3) is 3.85. The van der Waals surface area contributed by atoms with Gasteiger partial charge in [0.15, 0.2) is 5.75 Å². The van der Waals surface area contributed by atoms with Gasteiger partial charge < -0.3 is 19.7 Å². The maximum absolute atomic E-state index is 13.0. The van der Waals surface area contributed by atoms with Crippen LogP contribution < -0.4 is 19.7 Å². The lowest BCUT2D eigenvalue weighted by atomic mass is 10.1. The first-order chi connectivity index (χ1) is 14.4. The van der Waals surface area contributed by atoms with Gasteiger partial charge in [0.2, 0.25) is 5.91 Å². The summed E-state index contributed by atoms with van der Waals surface area (Å²) in [5, 5.41) is 2.86. The number of anilines is 2. The smallest absolute Gasteiger partial charge is 0.261 e. The average Bonchev–Trinajstić information content (AvgIpc) is 2.83. The zero-order chi connectivity index (χ0) is 21.3. The largest absolute Gasteiger partial charge is 0.497 e. The van der Waals surface area contributed by atoms with Crippen LogP contribution in [0, 0.1) is 6.92 Å². The van der Waals surface area contributed by atoms with E-state index in [-0.39, 0.29) is 18.2 Å². The van der Waals surface area contributed by atoms with Crippen molar-refractivity contribution < 1.29 is 19.1 Å². The number of hydrogen-bond donors (Lipinski definition) is 1. The average molecular weight is 402 g/mol. The summed E-state index contributed by atoms with van der Waals surface area (Å²) >= 11 is 0. The number of fused-ring (bicyclic) bond motifs is 2. The number of carbonyl (C=O) groups is 2. The molecule has 30 heavy (non-hydrogen) atoms. The van der Waals surface area contributed by atoms with Crippen molar-refractivity contribution in [1.82, 2.24) is 0 Å². The normalized spacial score (nSPS) is 12.4. The first-order valence-electron chi connectivity index (χ1n) is 9.58. The van der Waals surface area contributed by atoms with Crippen molar-refractivity contribution in [1.29, 1.82) is 0 Å². The molecule has 0 spiro atoms. The van der Waals surface area contributed by atoms with Gasteiger partial charge in [-0.25, -0.2) is 0 Å². The molecule has 1 aliphatic heterocycles. The third-order valence-electron chi connectivity index (χ3n) is 4.99. The van der Waals surface area contributed by atoms with Gasteiger partial charge >= 0.3 is 0 Å². The lowest BCUT2D eigenvalue weighted by Crippen LogP contribution is -2.25. The maximum atomic E-state index is 13.0. The van der Waals surface area contributed by atoms with Crippen LogP contribution in [-0.2, 0) is 11.2 Å². The number of carbonyl (C=O) groups excluding carboxylic acids is 2. The molecule has 0 aromatic heterocycles. The molecule has 4 rings (SSSR count). The SMILES string of the molecule is COc1cccc(CC(=O)Nc2ccc3c(c2)C(=O)N(C)c2cc(C)ccc2O3)c1. The fourth-order valence-electron chi connectivity index (χ4n) is 3.42. The summed E-state index contributed by atoms with van der Waals surface area (Å²) in [4.78, 5) is 27.1. The Morgan fingerprint density at radius 1 is 1.07 bits per heavy atom. The summed E-state index contributed by atoms with van der Waals surface area (Å²) in [6.07, 6.45) is 0.198. The highest BCUT2D eigenvalue weighted by Crippen LogP contribution is 2.39. The standard InChI is InChI=1S/C24H22N2O4/c1-15-7-9-22-20(11-15)26(2)24(28)19-14-17(8-10-21(19)30-22)25-23(27)13-16-5-4-6-18(12-16)29-3/h4-12,14H,13H2,1-3H3,(H,25,27). The lowest BCUT2D eigenvalue weighted by Gasteiger charge is -2.16. The fraction of sp³-hybridized carbons (Fsp3) is 0.167. The predicted molar refractivity (Wildman–Crippen MR) is 116 cm³/mol. The Bertz CT molecular complexity index is 1140. The highest BCUT2D eigenvalue weighted by molar-refractivity contribution is 6.10. The molecule has 2 amide bonds. The van der Waals surface area contributed by atoms with Gasteiger partial charge in [0.25, 0.3) is 5.91 Å². The molecule has 1 heterocycles. The first-order valence-corrected chi connectivity index (χ1v) is 9.58. The van der Waals surface area contributed by atoms with Gasteiger partial charge in [0.05, 0.1) is 24.8 Å². The summed E-state index contributed by atoms with van der Waals surface area (Å²) < 4.78 is 11.2. The van der Waals surface area contributed by atoms with E-state index in [2.05, 4.69) is 5.32 Å². The Morgan fingerprint density at radius 2 is 1.87 bits per heavy atom. The fourth-order valence-corrected chi connectivity index (χ4v) is 3.42. The summed E-state index contributed by atoms with van der Waals surface area (Å²) in [5.74, 6) is 1.40. The summed E-state index contributed by atoms with van der Waals surface area (Å²) in [6, 6.07) is 18.2. The molecular formula is C24H22N2O4. The van der Waals surface area contributed by atoms with Crippen molar-refractivity contribution in [2.45, 2.75) is 13.3 Å². The van der Waals surface area contributed by atoms with E-state index >= 15 is 0 Å². The van der Waals surface area contributed by atoms with E-state index < -0.39 is 0 Å². The Labute approximate surface area is 175 Å². The minimum atomic E-state index is -0.196. The molecule has 0 aliphatic carbocycles. The van der Waals surface area contributed by atoms with E-state index in [1.807, 2.05) is 49.4 Å². The van der Waals surface area contributed by atoms with Gasteiger partial charge in [-0.2, -0.15) is 0 Å². The molecule has 0 unspecified atom stereocenters. The van der Waals surface area contributed by atoms with Crippen molar-refractivity contribution in [2.75, 3.05) is 24.4 Å². The molecule has 6 nitrogen and oxygen atoms in total. The van der Waals surface area contributed by atoms with Crippen molar-refractivity contribution in [2.24, 2.45) is 0 Å². The molecule has 3 aromatic carbocycles. The van der Waals surface area contributed by atoms with Crippen LogP contribution in [0.5, 0.6) is 17.2 Å². The molecular weight excluding hydrogens is 380 g/mol. The van der Waals surface area contributed by atoms with Gasteiger partial charge in [-0.05, 0) is 60.5 Å². The van der Waals surface area contributed by atoms with Crippen LogP contribution in [0.15, 0.2) is 60.7 Å². The monoisotopic (exact) mass is 402 g/mol. The summed E-state index contributed by atoms with van der Waals surface area (Å²) in [7, 11) is 3.30. The number of nitrogens with one attached hydrogen (secondary N) is 1. The second kappa shape index (κ2) is 7.91. The Morgan fingerprint density at radius 3 is 2.67 bits per heavy atom. The van der Waals surface area contributed by atoms with E-state index in [0.717, 1.165) is 11.1 Å². The number of nitrogens with zero attached hydrogens (tertiary/aromatic N) is 1. The third-order valence-corrected chi connectivity index (χ3v) is 4.99. The van der Waals surface area contributed by atoms with Gasteiger partial charge in [-0.15, -0.1) is 0 Å². The molecule has 6 heteroatoms. The van der Waals surface area contributed by atoms with Crippen LogP contribution in [0.2, 0.25) is 0 Å². The number of methoxy groups -OCH3 is 1. The van der Waals surface area contributed by atoms with Crippen LogP contribution in [0.25, 0.3) is 0 Å². The van der Waals surface area contributed by atoms with E-state index in [1.165, 1.54) is 0 Å². The number of hydrogen-bond acceptors (Lipinski definition) is 4. The van der Waals surface area contributed by atoms with E-state index in [4.69, 9.17) is 9.47 Å². The van der Waals surface area contributed by atoms with E-state index in [1.54, 1.807) is 37.3 Å². The van der Waals surface area contributed by atoms with Crippen molar-refractivity contribution >= 4 is 23.2 Å². The molecule has 0 radical (unpaired) electrons. The molecule has 3 aromatic rings. The second-order valence-electron chi connectivity index (χ2n) is 7.22. The predicted octanol–water partition coefficient (Wildman–Crippen LogP) is 4.57. The Kier molecular flexibility index (Phi) is 5.14. The molecule has 152 valence electrons. The zero-order valence-corrected chi connectivity index (χ0v) is 17.1. The van der Waals surface area contributed by atoms with E-state index in [9.17, 15) is 9.59 Å². The van der Waals surface area contributed by atoms with Crippen molar-refractivity contribution in [3.8, 4) is 17.2 Å². The molecule has 0 atom stereocenters. The number of ether oxygens (including phenoxy) is 2. The van der Waals surface area contributed by atoms with Crippen LogP contribution in [-0.4, -0.2) is 26.0 Å². The summed E-state index contributed by atoms with van der Waals surface area (Å²) in [5.41, 5.74) is 3.51. The summed E-state index contributed by atoms with van der Waals surface area (Å²) in [6.45, 7) is 1.96. The number of aryl methyl sites for hydroxylation is 1. The molecule has 0 fully saturated rings. The molecule has 1 aliphatic rings. The van der Waals surface area contributed by atoms with Crippen molar-refractivity contribution in [3.63, 3.8) is 0 Å². The highest BCUT2D eigenvalue weighted by atomic mass is 16.5. The maximum Gasteiger partial charge on any atom is 0.261 e. The number of amides is 2. The topological polar surface area (TPSA) is 67.9 Å². The Balaban J connectivity index is 1.56. The van der Waals surface area contributed by atoms with Gasteiger partial charge in [0, 0.05) is 12.7 Å². The molecule has 0 saturated carbocycles. The zero-order valence-electron chi connectivity index (χ0n) is 17.1. The van der Waals surface area contributed by atoms with E-state index in [0.29, 0.717) is 34.2 Å². The number of rotatable bonds is 4. The number of benzene rings is 3. The van der Waals surface area contributed by atoms with Gasteiger partial charge in [-0.1, -0.05) is 18.2 Å². The molecule has 1 N–H and O–H groups in total. The van der Waals surface area contributed by atoms with Crippen LogP contribution >= 0.6 is 0 Å². The minimum Gasteiger partial charge on any atom is -0.497 e. The van der Waals surface area contributed by atoms with Crippen LogP contribution in [0.4, 0.5) is 11.4 Å². The molecule has 0 saturated heterocycles. The quantitative estimate of drug-likeness (QED) is 0.694. The Hall–Kier alpha value is -3.80. The van der Waals surface area contributed by atoms with Crippen molar-refractivity contribution in [3.05, 3.63) is 77.4 Å². The second-order valence-corrected chi connectivity index (χ2v) is 7.22. The minimum absolute atomic E-state index is 0.183. The first kappa shape index (κ1) is 19.5. The van der Waals surface area contributed by atoms with Gasteiger partial charge in [-0.3, -0.25) is 9.59 Å². The van der Waals surface area contributed by atoms with Gasteiger partial charge in [0.1, 0.15) is 11.5 Å². The van der Waals surface area contributed by atoms with Crippen LogP contribution in [0.3, 0.4) is 0 Å². The highest BCUT2D eigenvalue weighted by Gasteiger charge is 2.26. The lowest BCUT2D eigenvalue weighted by molar-refractivity contribution is -0.115.